The Labute approximate surface area is 117 Å². The average Bonchev–Trinajstić information content (AvgIpc) is 2.84. The van der Waals surface area contributed by atoms with Gasteiger partial charge in [0.15, 0.2) is 11.5 Å². The standard InChI is InChI=1S/C16H15NO3/c1-18-13-3-2-10-8-17-14-7-16-15(19-9-20-16)6-12(14)4-11(10)5-13/h2-3,5-7,17H,4,8-9H2,1H3. The molecule has 4 heteroatoms. The minimum absolute atomic E-state index is 0.308. The van der Waals surface area contributed by atoms with Crippen molar-refractivity contribution in [3.8, 4) is 17.2 Å². The van der Waals surface area contributed by atoms with Crippen molar-refractivity contribution in [3.05, 3.63) is 47.0 Å². The van der Waals surface area contributed by atoms with Crippen LogP contribution in [0, 0.1) is 0 Å². The summed E-state index contributed by atoms with van der Waals surface area (Å²) in [7, 11) is 1.70. The number of fused-ring (bicyclic) bond motifs is 3. The third-order valence-electron chi connectivity index (χ3n) is 3.86. The molecule has 0 spiro atoms. The molecule has 0 radical (unpaired) electrons. The predicted octanol–water partition coefficient (Wildman–Crippen LogP) is 2.94. The Balaban J connectivity index is 1.78. The number of benzene rings is 2. The monoisotopic (exact) mass is 269 g/mol. The number of methoxy groups -OCH3 is 1. The van der Waals surface area contributed by atoms with E-state index in [1.54, 1.807) is 7.11 Å². The molecule has 0 fully saturated rings. The Hall–Kier alpha value is -2.36. The summed E-state index contributed by atoms with van der Waals surface area (Å²) in [6, 6.07) is 10.3. The normalized spacial score (nSPS) is 14.8. The summed E-state index contributed by atoms with van der Waals surface area (Å²) in [5.41, 5.74) is 4.92. The number of ether oxygens (including phenoxy) is 3. The van der Waals surface area contributed by atoms with Crippen molar-refractivity contribution in [2.45, 2.75) is 13.0 Å². The molecule has 2 aliphatic rings. The van der Waals surface area contributed by atoms with Gasteiger partial charge in [-0.05, 0) is 34.9 Å². The predicted molar refractivity (Wildman–Crippen MR) is 75.7 cm³/mol. The molecular formula is C16H15NO3. The summed E-state index contributed by atoms with van der Waals surface area (Å²) in [4.78, 5) is 0. The van der Waals surface area contributed by atoms with Crippen molar-refractivity contribution < 1.29 is 14.2 Å². The van der Waals surface area contributed by atoms with Crippen molar-refractivity contribution in [2.75, 3.05) is 19.2 Å². The van der Waals surface area contributed by atoms with Crippen LogP contribution in [0.25, 0.3) is 0 Å². The van der Waals surface area contributed by atoms with E-state index < -0.39 is 0 Å². The van der Waals surface area contributed by atoms with Crippen molar-refractivity contribution in [1.29, 1.82) is 0 Å². The van der Waals surface area contributed by atoms with Crippen LogP contribution in [0.1, 0.15) is 16.7 Å². The van der Waals surface area contributed by atoms with Gasteiger partial charge in [-0.3, -0.25) is 0 Å². The average molecular weight is 269 g/mol. The molecule has 2 aromatic rings. The zero-order chi connectivity index (χ0) is 13.5. The summed E-state index contributed by atoms with van der Waals surface area (Å²) in [6.07, 6.45) is 0.867. The van der Waals surface area contributed by atoms with Crippen molar-refractivity contribution in [1.82, 2.24) is 0 Å². The third-order valence-corrected chi connectivity index (χ3v) is 3.86. The van der Waals surface area contributed by atoms with Crippen LogP contribution in [0.5, 0.6) is 17.2 Å². The molecule has 0 aromatic heterocycles. The van der Waals surface area contributed by atoms with Gasteiger partial charge in [0.2, 0.25) is 6.79 Å². The van der Waals surface area contributed by atoms with Gasteiger partial charge >= 0.3 is 0 Å². The minimum Gasteiger partial charge on any atom is -0.497 e. The lowest BCUT2D eigenvalue weighted by atomic mass is 10.00. The van der Waals surface area contributed by atoms with Crippen molar-refractivity contribution >= 4 is 5.69 Å². The van der Waals surface area contributed by atoms with E-state index in [1.165, 1.54) is 16.7 Å². The maximum Gasteiger partial charge on any atom is 0.231 e. The minimum atomic E-state index is 0.308. The van der Waals surface area contributed by atoms with Gasteiger partial charge in [-0.25, -0.2) is 0 Å². The zero-order valence-corrected chi connectivity index (χ0v) is 11.2. The highest BCUT2D eigenvalue weighted by Gasteiger charge is 2.20. The first-order chi connectivity index (χ1) is 9.83. The number of anilines is 1. The van der Waals surface area contributed by atoms with E-state index in [1.807, 2.05) is 12.1 Å². The summed E-state index contributed by atoms with van der Waals surface area (Å²) in [5.74, 6) is 2.55. The highest BCUT2D eigenvalue weighted by atomic mass is 16.7. The van der Waals surface area contributed by atoms with Crippen LogP contribution in [0.15, 0.2) is 30.3 Å². The number of hydrogen-bond donors (Lipinski definition) is 1. The molecule has 4 nitrogen and oxygen atoms in total. The molecule has 4 rings (SSSR count). The number of rotatable bonds is 1. The first-order valence-electron chi connectivity index (χ1n) is 6.65. The first kappa shape index (κ1) is 11.5. The molecule has 102 valence electrons. The number of hydrogen-bond acceptors (Lipinski definition) is 4. The molecular weight excluding hydrogens is 254 g/mol. The summed E-state index contributed by atoms with van der Waals surface area (Å²) >= 11 is 0. The fourth-order valence-electron chi connectivity index (χ4n) is 2.76. The molecule has 0 aliphatic carbocycles. The molecule has 2 aliphatic heterocycles. The summed E-state index contributed by atoms with van der Waals surface area (Å²) in [5, 5.41) is 3.47. The van der Waals surface area contributed by atoms with Crippen LogP contribution in [0.3, 0.4) is 0 Å². The van der Waals surface area contributed by atoms with Crippen molar-refractivity contribution in [2.24, 2.45) is 0 Å². The largest absolute Gasteiger partial charge is 0.497 e. The van der Waals surface area contributed by atoms with E-state index in [2.05, 4.69) is 23.5 Å². The molecule has 20 heavy (non-hydrogen) atoms. The highest BCUT2D eigenvalue weighted by Crippen LogP contribution is 2.39. The van der Waals surface area contributed by atoms with E-state index in [4.69, 9.17) is 14.2 Å². The molecule has 0 amide bonds. The van der Waals surface area contributed by atoms with E-state index in [0.29, 0.717) is 6.79 Å². The molecule has 0 unspecified atom stereocenters. The van der Waals surface area contributed by atoms with Gasteiger partial charge in [0.25, 0.3) is 0 Å². The van der Waals surface area contributed by atoms with E-state index >= 15 is 0 Å². The molecule has 2 heterocycles. The van der Waals surface area contributed by atoms with Gasteiger partial charge in [0, 0.05) is 24.7 Å². The zero-order valence-electron chi connectivity index (χ0n) is 11.2. The van der Waals surface area contributed by atoms with Gasteiger partial charge in [-0.2, -0.15) is 0 Å². The fourth-order valence-corrected chi connectivity index (χ4v) is 2.76. The lowest BCUT2D eigenvalue weighted by Gasteiger charge is -2.08. The van der Waals surface area contributed by atoms with Gasteiger partial charge in [0.05, 0.1) is 7.11 Å². The highest BCUT2D eigenvalue weighted by molar-refractivity contribution is 5.64. The molecule has 0 bridgehead atoms. The Morgan fingerprint density at radius 1 is 1.00 bits per heavy atom. The third kappa shape index (κ3) is 1.76. The Morgan fingerprint density at radius 2 is 1.85 bits per heavy atom. The van der Waals surface area contributed by atoms with Gasteiger partial charge in [-0.1, -0.05) is 6.07 Å². The van der Waals surface area contributed by atoms with Crippen LogP contribution in [-0.4, -0.2) is 13.9 Å². The Morgan fingerprint density at radius 3 is 2.70 bits per heavy atom. The van der Waals surface area contributed by atoms with Crippen LogP contribution in [0.2, 0.25) is 0 Å². The second-order valence-corrected chi connectivity index (χ2v) is 5.03. The van der Waals surface area contributed by atoms with Gasteiger partial charge < -0.3 is 19.5 Å². The van der Waals surface area contributed by atoms with Gasteiger partial charge in [0.1, 0.15) is 5.75 Å². The molecule has 0 saturated heterocycles. The molecule has 2 aromatic carbocycles. The van der Waals surface area contributed by atoms with E-state index in [-0.39, 0.29) is 0 Å². The van der Waals surface area contributed by atoms with E-state index in [0.717, 1.165) is 35.9 Å². The smallest absolute Gasteiger partial charge is 0.231 e. The van der Waals surface area contributed by atoms with Crippen LogP contribution in [0.4, 0.5) is 5.69 Å². The topological polar surface area (TPSA) is 39.7 Å². The SMILES string of the molecule is COc1ccc2c(c1)Cc1cc3c(cc1NC2)OCO3. The Kier molecular flexibility index (Phi) is 2.49. The lowest BCUT2D eigenvalue weighted by Crippen LogP contribution is -1.99. The molecule has 0 atom stereocenters. The Bertz CT molecular complexity index is 682. The summed E-state index contributed by atoms with van der Waals surface area (Å²) < 4.78 is 16.2. The van der Waals surface area contributed by atoms with Crippen molar-refractivity contribution in [3.63, 3.8) is 0 Å². The fraction of sp³-hybridized carbons (Fsp3) is 0.250. The van der Waals surface area contributed by atoms with Crippen LogP contribution < -0.4 is 19.5 Å². The molecule has 1 N–H and O–H groups in total. The number of nitrogens with one attached hydrogen (secondary N) is 1. The second kappa shape index (κ2) is 4.34. The summed E-state index contributed by atoms with van der Waals surface area (Å²) in [6.45, 7) is 1.12. The quantitative estimate of drug-likeness (QED) is 0.864. The maximum absolute atomic E-state index is 5.46. The maximum atomic E-state index is 5.46. The first-order valence-corrected chi connectivity index (χ1v) is 6.65. The van der Waals surface area contributed by atoms with Crippen LogP contribution >= 0.6 is 0 Å². The second-order valence-electron chi connectivity index (χ2n) is 5.03. The molecule has 0 saturated carbocycles. The van der Waals surface area contributed by atoms with E-state index in [9.17, 15) is 0 Å². The van der Waals surface area contributed by atoms with Crippen LogP contribution in [-0.2, 0) is 13.0 Å². The lowest BCUT2D eigenvalue weighted by molar-refractivity contribution is 0.174. The van der Waals surface area contributed by atoms with Gasteiger partial charge in [-0.15, -0.1) is 0 Å².